The highest BCUT2D eigenvalue weighted by molar-refractivity contribution is 14.0. The number of unbranched alkanes of at least 4 members (excludes halogenated alkanes) is 1. The van der Waals surface area contributed by atoms with Crippen LogP contribution in [0.15, 0.2) is 4.99 Å². The van der Waals surface area contributed by atoms with Gasteiger partial charge in [0.25, 0.3) is 0 Å². The van der Waals surface area contributed by atoms with E-state index in [-0.39, 0.29) is 24.0 Å². The molecule has 0 amide bonds. The van der Waals surface area contributed by atoms with Crippen LogP contribution < -0.4 is 10.6 Å². The molecular weight excluding hydrogens is 387 g/mol. The lowest BCUT2D eigenvalue weighted by molar-refractivity contribution is 0.158. The van der Waals surface area contributed by atoms with E-state index in [2.05, 4.69) is 48.2 Å². The fraction of sp³-hybridized carbons (Fsp3) is 0.941. The molecule has 0 aromatic carbocycles. The van der Waals surface area contributed by atoms with Gasteiger partial charge in [-0.15, -0.1) is 24.0 Å². The van der Waals surface area contributed by atoms with Gasteiger partial charge in [-0.05, 0) is 58.5 Å². The second kappa shape index (κ2) is 12.4. The molecule has 0 aliphatic carbocycles. The molecule has 4 nitrogen and oxygen atoms in total. The predicted molar refractivity (Wildman–Crippen MR) is 108 cm³/mol. The maximum absolute atomic E-state index is 4.29. The third kappa shape index (κ3) is 8.56. The summed E-state index contributed by atoms with van der Waals surface area (Å²) in [7, 11) is 1.85. The summed E-state index contributed by atoms with van der Waals surface area (Å²) >= 11 is 0. The van der Waals surface area contributed by atoms with Gasteiger partial charge in [-0.25, -0.2) is 0 Å². The van der Waals surface area contributed by atoms with E-state index in [1.54, 1.807) is 0 Å². The summed E-state index contributed by atoms with van der Waals surface area (Å²) in [5, 5.41) is 6.87. The van der Waals surface area contributed by atoms with Crippen LogP contribution in [0.1, 0.15) is 59.8 Å². The zero-order valence-corrected chi connectivity index (χ0v) is 17.5. The third-order valence-corrected chi connectivity index (χ3v) is 4.69. The predicted octanol–water partition coefficient (Wildman–Crippen LogP) is 3.47. The summed E-state index contributed by atoms with van der Waals surface area (Å²) < 4.78 is 0. The van der Waals surface area contributed by atoms with Gasteiger partial charge in [0.2, 0.25) is 0 Å². The van der Waals surface area contributed by atoms with Crippen molar-refractivity contribution in [1.82, 2.24) is 15.5 Å². The van der Waals surface area contributed by atoms with E-state index in [0.717, 1.165) is 18.5 Å². The van der Waals surface area contributed by atoms with Gasteiger partial charge in [-0.3, -0.25) is 4.99 Å². The highest BCUT2D eigenvalue weighted by Crippen LogP contribution is 2.16. The zero-order valence-electron chi connectivity index (χ0n) is 15.2. The van der Waals surface area contributed by atoms with E-state index in [1.807, 2.05) is 7.05 Å². The summed E-state index contributed by atoms with van der Waals surface area (Å²) in [5.74, 6) is 1.55. The van der Waals surface area contributed by atoms with E-state index in [1.165, 1.54) is 45.2 Å². The average Bonchev–Trinajstić information content (AvgIpc) is 2.47. The van der Waals surface area contributed by atoms with Crippen molar-refractivity contribution in [2.24, 2.45) is 10.9 Å². The number of piperidine rings is 1. The van der Waals surface area contributed by atoms with Gasteiger partial charge in [0, 0.05) is 25.7 Å². The lowest BCUT2D eigenvalue weighted by Crippen LogP contribution is -2.44. The molecule has 1 rings (SSSR count). The van der Waals surface area contributed by atoms with Gasteiger partial charge in [-0.2, -0.15) is 0 Å². The number of hydrogen-bond donors (Lipinski definition) is 2. The summed E-state index contributed by atoms with van der Waals surface area (Å²) in [4.78, 5) is 6.94. The largest absolute Gasteiger partial charge is 0.356 e. The molecule has 0 saturated carbocycles. The standard InChI is InChI=1S/C17H36N4.HI/c1-14(2)16(4)20-17(18-5)19-11-7-9-13-21-12-8-6-10-15(21)3;/h14-16H,6-13H2,1-5H3,(H2,18,19,20);1H. The van der Waals surface area contributed by atoms with Gasteiger partial charge in [0.15, 0.2) is 5.96 Å². The van der Waals surface area contributed by atoms with Crippen molar-refractivity contribution in [2.45, 2.75) is 71.9 Å². The molecule has 0 bridgehead atoms. The fourth-order valence-electron chi connectivity index (χ4n) is 2.71. The van der Waals surface area contributed by atoms with Crippen LogP contribution in [-0.2, 0) is 0 Å². The first-order valence-corrected chi connectivity index (χ1v) is 8.75. The second-order valence-electron chi connectivity index (χ2n) is 6.76. The molecule has 5 heteroatoms. The minimum Gasteiger partial charge on any atom is -0.356 e. The van der Waals surface area contributed by atoms with Crippen molar-refractivity contribution in [3.05, 3.63) is 0 Å². The summed E-state index contributed by atoms with van der Waals surface area (Å²) in [6.07, 6.45) is 6.65. The number of nitrogens with zero attached hydrogens (tertiary/aromatic N) is 2. The Labute approximate surface area is 154 Å². The van der Waals surface area contributed by atoms with E-state index < -0.39 is 0 Å². The summed E-state index contributed by atoms with van der Waals surface area (Å²) in [6.45, 7) is 12.6. The molecule has 0 spiro atoms. The van der Waals surface area contributed by atoms with Crippen LogP contribution in [0, 0.1) is 5.92 Å². The normalized spacial score (nSPS) is 21.4. The molecule has 132 valence electrons. The Bertz CT molecular complexity index is 307. The van der Waals surface area contributed by atoms with E-state index in [4.69, 9.17) is 0 Å². The van der Waals surface area contributed by atoms with Crippen LogP contribution in [0.5, 0.6) is 0 Å². The van der Waals surface area contributed by atoms with Gasteiger partial charge in [0.05, 0.1) is 0 Å². The molecule has 1 fully saturated rings. The lowest BCUT2D eigenvalue weighted by atomic mass is 10.0. The molecule has 1 heterocycles. The molecule has 0 aromatic rings. The van der Waals surface area contributed by atoms with Crippen LogP contribution in [-0.4, -0.2) is 49.6 Å². The first-order chi connectivity index (χ1) is 10.0. The van der Waals surface area contributed by atoms with Crippen molar-refractivity contribution in [3.63, 3.8) is 0 Å². The number of halogens is 1. The number of rotatable bonds is 7. The fourth-order valence-corrected chi connectivity index (χ4v) is 2.71. The van der Waals surface area contributed by atoms with Crippen molar-refractivity contribution >= 4 is 29.9 Å². The zero-order chi connectivity index (χ0) is 15.7. The Morgan fingerprint density at radius 1 is 1.23 bits per heavy atom. The number of nitrogens with one attached hydrogen (secondary N) is 2. The van der Waals surface area contributed by atoms with Gasteiger partial charge < -0.3 is 15.5 Å². The Morgan fingerprint density at radius 3 is 2.55 bits per heavy atom. The number of hydrogen-bond acceptors (Lipinski definition) is 2. The average molecular weight is 424 g/mol. The monoisotopic (exact) mass is 424 g/mol. The molecule has 1 aliphatic rings. The van der Waals surface area contributed by atoms with Crippen LogP contribution in [0.3, 0.4) is 0 Å². The Hall–Kier alpha value is -0.0400. The molecule has 2 N–H and O–H groups in total. The lowest BCUT2D eigenvalue weighted by Gasteiger charge is -2.33. The quantitative estimate of drug-likeness (QED) is 0.285. The van der Waals surface area contributed by atoms with Gasteiger partial charge >= 0.3 is 0 Å². The van der Waals surface area contributed by atoms with Crippen LogP contribution in [0.4, 0.5) is 0 Å². The molecular formula is C17H37IN4. The Kier molecular flexibility index (Phi) is 12.4. The minimum atomic E-state index is 0. The van der Waals surface area contributed by atoms with Gasteiger partial charge in [0.1, 0.15) is 0 Å². The Balaban J connectivity index is 0.00000441. The van der Waals surface area contributed by atoms with Crippen molar-refractivity contribution < 1.29 is 0 Å². The van der Waals surface area contributed by atoms with E-state index in [0.29, 0.717) is 12.0 Å². The summed E-state index contributed by atoms with van der Waals surface area (Å²) in [6, 6.07) is 1.23. The highest BCUT2D eigenvalue weighted by Gasteiger charge is 2.17. The topological polar surface area (TPSA) is 39.7 Å². The molecule has 0 radical (unpaired) electrons. The van der Waals surface area contributed by atoms with Crippen LogP contribution >= 0.6 is 24.0 Å². The maximum atomic E-state index is 4.29. The number of aliphatic imine (C=N–C) groups is 1. The summed E-state index contributed by atoms with van der Waals surface area (Å²) in [5.41, 5.74) is 0. The van der Waals surface area contributed by atoms with Crippen molar-refractivity contribution in [3.8, 4) is 0 Å². The number of guanidine groups is 1. The highest BCUT2D eigenvalue weighted by atomic mass is 127. The molecule has 0 aromatic heterocycles. The first-order valence-electron chi connectivity index (χ1n) is 8.75. The van der Waals surface area contributed by atoms with E-state index >= 15 is 0 Å². The maximum Gasteiger partial charge on any atom is 0.191 e. The molecule has 1 saturated heterocycles. The molecule has 1 aliphatic heterocycles. The minimum absolute atomic E-state index is 0. The van der Waals surface area contributed by atoms with Crippen molar-refractivity contribution in [1.29, 1.82) is 0 Å². The molecule has 2 atom stereocenters. The van der Waals surface area contributed by atoms with E-state index in [9.17, 15) is 0 Å². The van der Waals surface area contributed by atoms with Crippen LogP contribution in [0.25, 0.3) is 0 Å². The van der Waals surface area contributed by atoms with Gasteiger partial charge in [-0.1, -0.05) is 20.3 Å². The number of likely N-dealkylation sites (tertiary alicyclic amines) is 1. The first kappa shape index (κ1) is 22.0. The van der Waals surface area contributed by atoms with Crippen molar-refractivity contribution in [2.75, 3.05) is 26.7 Å². The molecule has 2 unspecified atom stereocenters. The smallest absolute Gasteiger partial charge is 0.191 e. The second-order valence-corrected chi connectivity index (χ2v) is 6.76. The SMILES string of the molecule is CN=C(NCCCCN1CCCCC1C)NC(C)C(C)C.I. The molecule has 22 heavy (non-hydrogen) atoms. The van der Waals surface area contributed by atoms with Crippen LogP contribution in [0.2, 0.25) is 0 Å². The third-order valence-electron chi connectivity index (χ3n) is 4.69. The Morgan fingerprint density at radius 2 is 1.95 bits per heavy atom.